The summed E-state index contributed by atoms with van der Waals surface area (Å²) in [5.41, 5.74) is -1.65. The molecule has 3 aromatic rings. The molecule has 0 bridgehead atoms. The second-order valence-electron chi connectivity index (χ2n) is 7.45. The Morgan fingerprint density at radius 3 is 2.00 bits per heavy atom. The summed E-state index contributed by atoms with van der Waals surface area (Å²) in [5.74, 6) is -3.22. The largest absolute Gasteiger partial charge is 1.00 e. The van der Waals surface area contributed by atoms with Gasteiger partial charge in [0.05, 0.1) is 21.4 Å². The smallest absolute Gasteiger partial charge is 0.744 e. The summed E-state index contributed by atoms with van der Waals surface area (Å²) in [7, 11) is -9.95. The number of aliphatic carboxylic acids is 1. The third-order valence-electron chi connectivity index (χ3n) is 4.83. The first-order valence-corrected chi connectivity index (χ1v) is 13.8. The van der Waals surface area contributed by atoms with Gasteiger partial charge in [-0.1, -0.05) is 0 Å². The third-order valence-corrected chi connectivity index (χ3v) is 6.91. The van der Waals surface area contributed by atoms with Crippen LogP contribution in [0.4, 0.5) is 23.0 Å². The number of hydrogen-bond acceptors (Lipinski definition) is 16. The number of anilines is 3. The molecule has 0 saturated heterocycles. The van der Waals surface area contributed by atoms with Crippen molar-refractivity contribution in [3.8, 4) is 0 Å². The molecular formula is C19H9Cl2K3N8O9S2. The van der Waals surface area contributed by atoms with Crippen LogP contribution in [0, 0.1) is 0 Å². The van der Waals surface area contributed by atoms with Crippen LogP contribution in [0.5, 0.6) is 0 Å². The SMILES string of the molecule is O=C([O-])C1=NN(c2ccc(S(=O)(=O)[O-])cc2)C(=O)C1N=Nc1cc(Nc2nc(Cl)nc(Cl)n2)ccc1S(=O)(=O)[O-].[K+].[K+].[K+]. The summed E-state index contributed by atoms with van der Waals surface area (Å²) in [5, 5.41) is 25.0. The Bertz CT molecular complexity index is 1810. The van der Waals surface area contributed by atoms with Crippen molar-refractivity contribution < 1.29 is 195 Å². The number of hydrazone groups is 1. The average molecular weight is 746 g/mol. The van der Waals surface area contributed by atoms with Gasteiger partial charge in [-0.15, -0.1) is 0 Å². The van der Waals surface area contributed by atoms with Gasteiger partial charge in [-0.3, -0.25) is 4.79 Å². The van der Waals surface area contributed by atoms with Gasteiger partial charge in [-0.05, 0) is 65.7 Å². The molecule has 0 fully saturated rings. The molecule has 1 amide bonds. The van der Waals surface area contributed by atoms with E-state index in [1.165, 1.54) is 0 Å². The van der Waals surface area contributed by atoms with Gasteiger partial charge >= 0.3 is 154 Å². The molecule has 43 heavy (non-hydrogen) atoms. The number of aromatic nitrogens is 3. The molecular weight excluding hydrogens is 737 g/mol. The number of carbonyl (C=O) groups is 2. The first kappa shape index (κ1) is 41.8. The van der Waals surface area contributed by atoms with E-state index in [0.29, 0.717) is 5.01 Å². The molecule has 4 rings (SSSR count). The van der Waals surface area contributed by atoms with Crippen molar-refractivity contribution in [3.05, 3.63) is 53.0 Å². The molecule has 1 atom stereocenters. The van der Waals surface area contributed by atoms with Gasteiger partial charge in [0.2, 0.25) is 16.5 Å². The van der Waals surface area contributed by atoms with E-state index < -0.39 is 59.3 Å². The molecule has 0 radical (unpaired) electrons. The molecule has 1 aliphatic rings. The molecule has 0 saturated carbocycles. The maximum absolute atomic E-state index is 12.9. The number of hydrogen-bond donors (Lipinski definition) is 1. The van der Waals surface area contributed by atoms with Crippen LogP contribution in [0.15, 0.2) is 67.6 Å². The maximum atomic E-state index is 12.9. The number of carboxylic acids is 1. The zero-order valence-electron chi connectivity index (χ0n) is 22.0. The Morgan fingerprint density at radius 1 is 0.907 bits per heavy atom. The molecule has 1 aromatic heterocycles. The fourth-order valence-corrected chi connectivity index (χ4v) is 4.58. The van der Waals surface area contributed by atoms with Crippen molar-refractivity contribution in [2.45, 2.75) is 15.8 Å². The van der Waals surface area contributed by atoms with Crippen molar-refractivity contribution >= 4 is 84.0 Å². The first-order valence-electron chi connectivity index (χ1n) is 10.2. The molecule has 1 N–H and O–H groups in total. The van der Waals surface area contributed by atoms with Gasteiger partial charge in [0.25, 0.3) is 5.91 Å². The summed E-state index contributed by atoms with van der Waals surface area (Å²) in [6.07, 6.45) is 0. The fraction of sp³-hybridized carbons (Fsp3) is 0.0526. The average Bonchev–Trinajstić information content (AvgIpc) is 3.17. The second kappa shape index (κ2) is 17.3. The van der Waals surface area contributed by atoms with Gasteiger partial charge in [-0.25, -0.2) is 16.8 Å². The third kappa shape index (κ3) is 10.9. The van der Waals surface area contributed by atoms with E-state index in [4.69, 9.17) is 23.2 Å². The summed E-state index contributed by atoms with van der Waals surface area (Å²) in [6, 6.07) is 4.77. The Kier molecular flexibility index (Phi) is 16.8. The standard InChI is InChI=1S/C19H12Cl2N8O9S2.3K/c20-17-23-18(21)25-19(24-17)22-8-1-6-12(40(36,37)38)11(7-8)26-27-13-14(16(31)32)28-29(15(13)30)9-2-4-10(5-3-9)39(33,34)35;;;/h1-7,13H,(H,31,32)(H,33,34,35)(H,36,37,38)(H,22,23,24,25);;;/q;3*+1/p-3. The predicted octanol–water partition coefficient (Wildman–Crippen LogP) is -8.65. The van der Waals surface area contributed by atoms with Crippen molar-refractivity contribution in [1.82, 2.24) is 15.0 Å². The molecule has 2 aromatic carbocycles. The predicted molar refractivity (Wildman–Crippen MR) is 130 cm³/mol. The number of carboxylic acid groups (broad SMARTS) is 1. The van der Waals surface area contributed by atoms with Crippen LogP contribution >= 0.6 is 23.2 Å². The van der Waals surface area contributed by atoms with E-state index in [1.54, 1.807) is 0 Å². The van der Waals surface area contributed by atoms with Gasteiger partial charge in [0.1, 0.15) is 31.6 Å². The Labute approximate surface area is 380 Å². The monoisotopic (exact) mass is 744 g/mol. The summed E-state index contributed by atoms with van der Waals surface area (Å²) in [6.45, 7) is 0. The topological polar surface area (TPSA) is 263 Å². The number of benzene rings is 2. The molecule has 2 heterocycles. The molecule has 208 valence electrons. The van der Waals surface area contributed by atoms with Crippen LogP contribution in [0.25, 0.3) is 0 Å². The number of halogens is 2. The molecule has 17 nitrogen and oxygen atoms in total. The summed E-state index contributed by atoms with van der Waals surface area (Å²) in [4.78, 5) is 34.1. The Hall–Kier alpha value is 0.769. The zero-order chi connectivity index (χ0) is 29.4. The fourth-order valence-electron chi connectivity index (χ4n) is 3.16. The van der Waals surface area contributed by atoms with E-state index in [-0.39, 0.29) is 182 Å². The molecule has 1 aliphatic heterocycles. The molecule has 0 spiro atoms. The van der Waals surface area contributed by atoms with Crippen LogP contribution in [0.2, 0.25) is 10.6 Å². The van der Waals surface area contributed by atoms with E-state index in [1.807, 2.05) is 0 Å². The van der Waals surface area contributed by atoms with E-state index >= 15 is 0 Å². The van der Waals surface area contributed by atoms with Crippen LogP contribution < -0.4 is 170 Å². The minimum Gasteiger partial charge on any atom is -0.744 e. The van der Waals surface area contributed by atoms with Gasteiger partial charge < -0.3 is 24.3 Å². The minimum absolute atomic E-state index is 0. The van der Waals surface area contributed by atoms with Crippen LogP contribution in [-0.4, -0.2) is 64.5 Å². The van der Waals surface area contributed by atoms with E-state index in [9.17, 15) is 40.6 Å². The first-order chi connectivity index (χ1) is 18.6. The van der Waals surface area contributed by atoms with Gasteiger partial charge in [0, 0.05) is 5.69 Å². The van der Waals surface area contributed by atoms with Crippen LogP contribution in [0.1, 0.15) is 0 Å². The molecule has 0 aliphatic carbocycles. The van der Waals surface area contributed by atoms with Crippen LogP contribution in [-0.2, 0) is 29.8 Å². The minimum atomic E-state index is -5.14. The van der Waals surface area contributed by atoms with Gasteiger partial charge in [0.15, 0.2) is 6.04 Å². The molecule has 24 heteroatoms. The molecule has 1 unspecified atom stereocenters. The van der Waals surface area contributed by atoms with E-state index in [2.05, 4.69) is 35.6 Å². The van der Waals surface area contributed by atoms with Crippen molar-refractivity contribution in [1.29, 1.82) is 0 Å². The van der Waals surface area contributed by atoms with Crippen LogP contribution in [0.3, 0.4) is 0 Å². The Balaban J connectivity index is 0.00000308. The number of nitrogens with one attached hydrogen (secondary N) is 1. The number of carbonyl (C=O) groups excluding carboxylic acids is 2. The van der Waals surface area contributed by atoms with Crippen molar-refractivity contribution in [2.24, 2.45) is 15.3 Å². The maximum Gasteiger partial charge on any atom is 1.00 e. The Morgan fingerprint density at radius 2 is 1.49 bits per heavy atom. The van der Waals surface area contributed by atoms with Crippen molar-refractivity contribution in [3.63, 3.8) is 0 Å². The number of amides is 1. The summed E-state index contributed by atoms with van der Waals surface area (Å²) >= 11 is 11.4. The number of azo groups is 1. The van der Waals surface area contributed by atoms with Crippen molar-refractivity contribution in [2.75, 3.05) is 10.3 Å². The normalized spacial score (nSPS) is 14.8. The number of nitrogens with zero attached hydrogens (tertiary/aromatic N) is 7. The summed E-state index contributed by atoms with van der Waals surface area (Å²) < 4.78 is 68.7. The zero-order valence-corrected chi connectivity index (χ0v) is 34.5. The second-order valence-corrected chi connectivity index (χ2v) is 10.9. The number of rotatable bonds is 8. The van der Waals surface area contributed by atoms with E-state index in [0.717, 1.165) is 42.5 Å². The van der Waals surface area contributed by atoms with Gasteiger partial charge in [-0.2, -0.15) is 35.3 Å². The quantitative estimate of drug-likeness (QED) is 0.128.